The minimum Gasteiger partial charge on any atom is -0.464 e. The van der Waals surface area contributed by atoms with Crippen LogP contribution in [-0.4, -0.2) is 39.2 Å². The number of carbonyl (C=O) groups excluding carboxylic acids is 1. The maximum atomic E-state index is 13.2. The van der Waals surface area contributed by atoms with Gasteiger partial charge in [-0.25, -0.2) is 4.98 Å². The Morgan fingerprint density at radius 3 is 2.93 bits per heavy atom. The molecular weight excluding hydrogens is 406 g/mol. The third-order valence-electron chi connectivity index (χ3n) is 5.22. The second-order valence-corrected chi connectivity index (χ2v) is 9.06. The Bertz CT molecular complexity index is 1080. The highest BCUT2D eigenvalue weighted by Gasteiger charge is 2.22. The Kier molecular flexibility index (Phi) is 5.91. The highest BCUT2D eigenvalue weighted by molar-refractivity contribution is 7.99. The number of amides is 1. The third-order valence-corrected chi connectivity index (χ3v) is 7.05. The molecule has 1 amide bonds. The number of furan rings is 1. The van der Waals surface area contributed by atoms with Crippen molar-refractivity contribution >= 4 is 39.2 Å². The first-order chi connectivity index (χ1) is 14.1. The van der Waals surface area contributed by atoms with Crippen LogP contribution in [0.4, 0.5) is 0 Å². The van der Waals surface area contributed by atoms with E-state index in [0.29, 0.717) is 33.6 Å². The van der Waals surface area contributed by atoms with Crippen molar-refractivity contribution < 1.29 is 9.21 Å². The summed E-state index contributed by atoms with van der Waals surface area (Å²) in [6.45, 7) is 7.95. The number of carbonyl (C=O) groups is 1. The molecule has 0 aliphatic carbocycles. The largest absolute Gasteiger partial charge is 0.464 e. The number of piperidine rings is 1. The lowest BCUT2D eigenvalue weighted by atomic mass is 9.99. The van der Waals surface area contributed by atoms with Crippen LogP contribution in [0.3, 0.4) is 0 Å². The van der Waals surface area contributed by atoms with Gasteiger partial charge >= 0.3 is 0 Å². The number of hydrogen-bond donors (Lipinski definition) is 0. The summed E-state index contributed by atoms with van der Waals surface area (Å²) in [7, 11) is 0. The number of fused-ring (bicyclic) bond motifs is 1. The molecule has 0 unspecified atom stereocenters. The fraction of sp³-hybridized carbons (Fsp3) is 0.381. The van der Waals surface area contributed by atoms with Crippen molar-refractivity contribution in [2.45, 2.75) is 31.5 Å². The number of aromatic nitrogens is 2. The molecule has 0 radical (unpaired) electrons. The van der Waals surface area contributed by atoms with Crippen LogP contribution in [0.15, 0.2) is 50.8 Å². The van der Waals surface area contributed by atoms with Gasteiger partial charge in [0, 0.05) is 30.6 Å². The molecule has 0 aromatic carbocycles. The maximum absolute atomic E-state index is 13.2. The molecule has 3 aromatic heterocycles. The molecule has 1 saturated heterocycles. The standard InChI is InChI=1S/C21H23N3O3S2/c1-3-8-24-20(26)18-15(16-5-4-11-27-16)12-28-19(18)22-21(24)29-13-17(25)23-9-6-14(2)7-10-23/h3-5,11-12,14H,1,6-10,13H2,2H3. The van der Waals surface area contributed by atoms with Crippen LogP contribution in [0.2, 0.25) is 0 Å². The monoisotopic (exact) mass is 429 g/mol. The van der Waals surface area contributed by atoms with Gasteiger partial charge < -0.3 is 9.32 Å². The zero-order valence-corrected chi connectivity index (χ0v) is 17.9. The number of allylic oxidation sites excluding steroid dienone is 1. The van der Waals surface area contributed by atoms with Gasteiger partial charge in [0.15, 0.2) is 5.16 Å². The summed E-state index contributed by atoms with van der Waals surface area (Å²) in [5.41, 5.74) is 0.615. The minimum absolute atomic E-state index is 0.101. The highest BCUT2D eigenvalue weighted by Crippen LogP contribution is 2.32. The van der Waals surface area contributed by atoms with E-state index in [9.17, 15) is 9.59 Å². The quantitative estimate of drug-likeness (QED) is 0.333. The number of thioether (sulfide) groups is 1. The molecule has 0 bridgehead atoms. The number of rotatable bonds is 6. The third kappa shape index (κ3) is 4.04. The Morgan fingerprint density at radius 1 is 1.45 bits per heavy atom. The molecule has 152 valence electrons. The summed E-state index contributed by atoms with van der Waals surface area (Å²) in [4.78, 5) is 33.1. The van der Waals surface area contributed by atoms with E-state index >= 15 is 0 Å². The summed E-state index contributed by atoms with van der Waals surface area (Å²) in [5.74, 6) is 1.70. The Balaban J connectivity index is 1.62. The van der Waals surface area contributed by atoms with Crippen LogP contribution >= 0.6 is 23.1 Å². The van der Waals surface area contributed by atoms with Crippen LogP contribution in [0.1, 0.15) is 19.8 Å². The van der Waals surface area contributed by atoms with Gasteiger partial charge in [-0.15, -0.1) is 17.9 Å². The fourth-order valence-electron chi connectivity index (χ4n) is 3.49. The molecule has 8 heteroatoms. The highest BCUT2D eigenvalue weighted by atomic mass is 32.2. The smallest absolute Gasteiger partial charge is 0.263 e. The van der Waals surface area contributed by atoms with Gasteiger partial charge in [-0.05, 0) is 30.9 Å². The van der Waals surface area contributed by atoms with Gasteiger partial charge in [-0.2, -0.15) is 0 Å². The van der Waals surface area contributed by atoms with E-state index < -0.39 is 0 Å². The molecular formula is C21H23N3O3S2. The summed E-state index contributed by atoms with van der Waals surface area (Å²) in [6.07, 6.45) is 5.36. The molecule has 1 aliphatic heterocycles. The maximum Gasteiger partial charge on any atom is 0.263 e. The molecule has 1 aliphatic rings. The van der Waals surface area contributed by atoms with Crippen molar-refractivity contribution in [3.05, 3.63) is 46.8 Å². The predicted molar refractivity (Wildman–Crippen MR) is 117 cm³/mol. The molecule has 0 N–H and O–H groups in total. The summed E-state index contributed by atoms with van der Waals surface area (Å²) in [6, 6.07) is 3.63. The second-order valence-electron chi connectivity index (χ2n) is 7.26. The van der Waals surface area contributed by atoms with Gasteiger partial charge in [-0.1, -0.05) is 24.8 Å². The Labute approximate surface area is 177 Å². The van der Waals surface area contributed by atoms with Crippen molar-refractivity contribution in [2.75, 3.05) is 18.8 Å². The first kappa shape index (κ1) is 20.0. The Morgan fingerprint density at radius 2 is 2.24 bits per heavy atom. The topological polar surface area (TPSA) is 68.3 Å². The van der Waals surface area contributed by atoms with Gasteiger partial charge in [0.05, 0.1) is 17.4 Å². The van der Waals surface area contributed by atoms with Gasteiger partial charge in [-0.3, -0.25) is 14.2 Å². The molecule has 1 fully saturated rings. The SMILES string of the molecule is C=CCn1c(SCC(=O)N2CCC(C)CC2)nc2scc(-c3ccco3)c2c1=O. The van der Waals surface area contributed by atoms with Crippen LogP contribution in [0.25, 0.3) is 21.5 Å². The van der Waals surface area contributed by atoms with Gasteiger partial charge in [0.2, 0.25) is 5.91 Å². The zero-order valence-electron chi connectivity index (χ0n) is 16.3. The number of nitrogens with zero attached hydrogens (tertiary/aromatic N) is 3. The lowest BCUT2D eigenvalue weighted by Crippen LogP contribution is -2.39. The van der Waals surface area contributed by atoms with Crippen LogP contribution in [0, 0.1) is 5.92 Å². The van der Waals surface area contributed by atoms with Gasteiger partial charge in [0.25, 0.3) is 5.56 Å². The summed E-state index contributed by atoms with van der Waals surface area (Å²) >= 11 is 2.73. The van der Waals surface area contributed by atoms with E-state index in [2.05, 4.69) is 13.5 Å². The predicted octanol–water partition coefficient (Wildman–Crippen LogP) is 4.25. The first-order valence-electron chi connectivity index (χ1n) is 9.66. The van der Waals surface area contributed by atoms with Crippen molar-refractivity contribution in [2.24, 2.45) is 5.92 Å². The molecule has 0 saturated carbocycles. The summed E-state index contributed by atoms with van der Waals surface area (Å²) < 4.78 is 7.07. The number of likely N-dealkylation sites (tertiary alicyclic amines) is 1. The molecule has 4 heterocycles. The summed E-state index contributed by atoms with van der Waals surface area (Å²) in [5, 5.41) is 2.99. The minimum atomic E-state index is -0.135. The first-order valence-corrected chi connectivity index (χ1v) is 11.5. The van der Waals surface area contributed by atoms with E-state index in [4.69, 9.17) is 9.40 Å². The molecule has 0 spiro atoms. The molecule has 0 atom stereocenters. The van der Waals surface area contributed by atoms with Crippen molar-refractivity contribution in [1.82, 2.24) is 14.5 Å². The lowest BCUT2D eigenvalue weighted by Gasteiger charge is -2.30. The van der Waals surface area contributed by atoms with E-state index in [1.54, 1.807) is 23.0 Å². The lowest BCUT2D eigenvalue weighted by molar-refractivity contribution is -0.129. The van der Waals surface area contributed by atoms with E-state index in [1.165, 1.54) is 23.1 Å². The van der Waals surface area contributed by atoms with Gasteiger partial charge in [0.1, 0.15) is 10.6 Å². The molecule has 6 nitrogen and oxygen atoms in total. The average Bonchev–Trinajstić information content (AvgIpc) is 3.38. The average molecular weight is 430 g/mol. The van der Waals surface area contributed by atoms with E-state index in [0.717, 1.165) is 31.5 Å². The van der Waals surface area contributed by atoms with Crippen molar-refractivity contribution in [1.29, 1.82) is 0 Å². The zero-order chi connectivity index (χ0) is 20.4. The number of hydrogen-bond acceptors (Lipinski definition) is 6. The van der Waals surface area contributed by atoms with Crippen LogP contribution in [-0.2, 0) is 11.3 Å². The molecule has 4 rings (SSSR count). The Hall–Kier alpha value is -2.32. The molecule has 29 heavy (non-hydrogen) atoms. The van der Waals surface area contributed by atoms with Crippen molar-refractivity contribution in [3.8, 4) is 11.3 Å². The second kappa shape index (κ2) is 8.59. The van der Waals surface area contributed by atoms with Crippen LogP contribution < -0.4 is 5.56 Å². The molecule has 3 aromatic rings. The normalized spacial score (nSPS) is 15.1. The van der Waals surface area contributed by atoms with E-state index in [-0.39, 0.29) is 17.2 Å². The fourth-order valence-corrected chi connectivity index (χ4v) is 5.37. The van der Waals surface area contributed by atoms with E-state index in [1.807, 2.05) is 16.3 Å². The number of thiophene rings is 1. The van der Waals surface area contributed by atoms with Crippen molar-refractivity contribution in [3.63, 3.8) is 0 Å². The van der Waals surface area contributed by atoms with Crippen LogP contribution in [0.5, 0.6) is 0 Å².